The molecule has 5 aliphatic carbocycles. The molecule has 596 valence electrons. The van der Waals surface area contributed by atoms with Crippen LogP contribution in [-0.4, -0.2) is 309 Å². The number of rotatable bonds is 21. The van der Waals surface area contributed by atoms with Crippen molar-refractivity contribution in [1.82, 2.24) is 0 Å². The molecule has 33 nitrogen and oxygen atoms in total. The summed E-state index contributed by atoms with van der Waals surface area (Å²) >= 11 is 0. The molecular weight excluding hydrogens is 1380 g/mol. The molecule has 0 spiro atoms. The summed E-state index contributed by atoms with van der Waals surface area (Å²) in [7, 11) is 0. The Labute approximate surface area is 603 Å². The van der Waals surface area contributed by atoms with Crippen molar-refractivity contribution in [2.45, 2.75) is 338 Å². The zero-order valence-corrected chi connectivity index (χ0v) is 61.1. The van der Waals surface area contributed by atoms with Crippen LogP contribution in [0.4, 0.5) is 0 Å². The van der Waals surface area contributed by atoms with Crippen LogP contribution in [0, 0.1) is 50.2 Å². The van der Waals surface area contributed by atoms with Crippen LogP contribution < -0.4 is 0 Å². The van der Waals surface area contributed by atoms with E-state index in [4.69, 9.17) is 61.6 Å². The van der Waals surface area contributed by atoms with E-state index in [0.29, 0.717) is 32.1 Å². The third-order valence-electron chi connectivity index (χ3n) is 25.4. The number of aliphatic hydroxyl groups is 16. The molecule has 9 fully saturated rings. The maximum Gasteiger partial charge on any atom is 0.317 e. The Balaban J connectivity index is 0.901. The van der Waals surface area contributed by atoms with Crippen molar-refractivity contribution in [2.75, 3.05) is 19.8 Å². The predicted molar refractivity (Wildman–Crippen MR) is 350 cm³/mol. The summed E-state index contributed by atoms with van der Waals surface area (Å²) in [6, 6.07) is 0. The van der Waals surface area contributed by atoms with Crippen molar-refractivity contribution in [3.05, 3.63) is 11.6 Å². The van der Waals surface area contributed by atoms with Gasteiger partial charge in [0.05, 0.1) is 81.8 Å². The Morgan fingerprint density at radius 2 is 1.09 bits per heavy atom. The van der Waals surface area contributed by atoms with Crippen LogP contribution in [0.5, 0.6) is 0 Å². The van der Waals surface area contributed by atoms with Crippen LogP contribution in [0.2, 0.25) is 0 Å². The van der Waals surface area contributed by atoms with Crippen molar-refractivity contribution in [2.24, 2.45) is 50.2 Å². The molecule has 5 aliphatic heterocycles. The van der Waals surface area contributed by atoms with Crippen molar-refractivity contribution < 1.29 is 162 Å². The molecule has 10 aliphatic rings. The van der Waals surface area contributed by atoms with Crippen molar-refractivity contribution in [3.63, 3.8) is 0 Å². The van der Waals surface area contributed by atoms with E-state index in [-0.39, 0.29) is 37.5 Å². The van der Waals surface area contributed by atoms with Gasteiger partial charge in [-0.15, -0.1) is 0 Å². The van der Waals surface area contributed by atoms with Crippen molar-refractivity contribution in [1.29, 1.82) is 0 Å². The quantitative estimate of drug-likeness (QED) is 0.0242. The van der Waals surface area contributed by atoms with E-state index >= 15 is 4.79 Å². The standard InChI is InChI=1S/C71H114O33/c1-28(74)19-42(78)93-29(2)20-43(79)94-30(3)21-44(80)99-56-33(6)97-64(58(53(56)89)102-62-52(88)49(85)55(32(5)96-62)100-60-54(90)57(37(76)26-92-60)101-61-50(86)47(83)45(81)31(4)95-61)104-65(91)71-18-17-66(7,8)22-35(71)34-13-14-40-67(9)23-36(75)59(103-63-51(87)48(84)46(82)38(25-72)98-63)68(10,27-73)39(67)15-16-69(40,11)70(34,12)24-41(71)77/h13,28-33,35-41,45-64,72-77,81-90H,14-27H2,1-12H3. The molecule has 0 bridgehead atoms. The number of hydrogen-bond acceptors (Lipinski definition) is 33. The summed E-state index contributed by atoms with van der Waals surface area (Å²) in [4.78, 5) is 54.9. The molecule has 0 amide bonds. The van der Waals surface area contributed by atoms with E-state index in [1.165, 1.54) is 41.5 Å². The summed E-state index contributed by atoms with van der Waals surface area (Å²) < 4.78 is 76.9. The number of fused-ring (bicyclic) bond motifs is 7. The second kappa shape index (κ2) is 31.8. The molecule has 10 rings (SSSR count). The number of ether oxygens (including phenoxy) is 13. The predicted octanol–water partition coefficient (Wildman–Crippen LogP) is -2.61. The van der Waals surface area contributed by atoms with E-state index in [2.05, 4.69) is 40.7 Å². The highest BCUT2D eigenvalue weighted by Crippen LogP contribution is 2.76. The summed E-state index contributed by atoms with van der Waals surface area (Å²) in [6.45, 7) is 19.0. The zero-order chi connectivity index (χ0) is 76.7. The SMILES string of the molecule is CC(O)CC(=O)OC(C)CC(=O)OC(C)CC(=O)OC1C(C)OC(OC(=O)C23CCC(C)(C)CC2C2=CCC4C5(C)CC(O)C(OC6OC(CO)C(O)C(O)C6O)C(C)(CO)C5CCC4(C)C2(C)CC3O)C(OC2OC(C)C(OC3OCC(O)C(OC4OC(C)C(O)C(O)C4O)C3O)C(O)C2O)C1O. The molecule has 0 radical (unpaired) electrons. The molecule has 0 aromatic carbocycles. The molecule has 38 unspecified atom stereocenters. The van der Waals surface area contributed by atoms with Gasteiger partial charge in [0.25, 0.3) is 0 Å². The number of carbonyl (C=O) groups is 4. The van der Waals surface area contributed by atoms with Gasteiger partial charge in [-0.3, -0.25) is 19.2 Å². The first-order chi connectivity index (χ1) is 48.5. The van der Waals surface area contributed by atoms with Gasteiger partial charge in [-0.2, -0.15) is 0 Å². The minimum absolute atomic E-state index is 0.0404. The van der Waals surface area contributed by atoms with Crippen molar-refractivity contribution >= 4 is 23.9 Å². The molecular formula is C71H114O33. The summed E-state index contributed by atoms with van der Waals surface area (Å²) in [6.07, 6.45) is -44.1. The summed E-state index contributed by atoms with van der Waals surface area (Å²) in [5, 5.41) is 179. The fourth-order valence-corrected chi connectivity index (χ4v) is 19.5. The number of carbonyl (C=O) groups excluding carboxylic acids is 4. The Morgan fingerprint density at radius 3 is 1.71 bits per heavy atom. The van der Waals surface area contributed by atoms with Crippen LogP contribution in [0.3, 0.4) is 0 Å². The van der Waals surface area contributed by atoms with E-state index < -0.39 is 279 Å². The van der Waals surface area contributed by atoms with Gasteiger partial charge in [0.1, 0.15) is 103 Å². The van der Waals surface area contributed by atoms with E-state index in [9.17, 15) is 96.1 Å². The lowest BCUT2D eigenvalue weighted by Crippen LogP contribution is -2.70. The highest BCUT2D eigenvalue weighted by atomic mass is 16.8. The van der Waals surface area contributed by atoms with E-state index in [0.717, 1.165) is 5.57 Å². The van der Waals surface area contributed by atoms with Gasteiger partial charge in [0, 0.05) is 5.41 Å². The van der Waals surface area contributed by atoms with Gasteiger partial charge in [0.15, 0.2) is 37.4 Å². The second-order valence-corrected chi connectivity index (χ2v) is 33.2. The van der Waals surface area contributed by atoms with Gasteiger partial charge < -0.3 is 143 Å². The molecule has 104 heavy (non-hydrogen) atoms. The minimum atomic E-state index is -2.12. The zero-order valence-electron chi connectivity index (χ0n) is 61.1. The van der Waals surface area contributed by atoms with Gasteiger partial charge in [0.2, 0.25) is 6.29 Å². The number of aliphatic hydroxyl groups excluding tert-OH is 16. The summed E-state index contributed by atoms with van der Waals surface area (Å²) in [5.41, 5.74) is -4.58. The van der Waals surface area contributed by atoms with E-state index in [1.807, 2.05) is 0 Å². The van der Waals surface area contributed by atoms with Gasteiger partial charge in [-0.1, -0.05) is 53.2 Å². The third-order valence-corrected chi connectivity index (χ3v) is 25.4. The number of esters is 4. The second-order valence-electron chi connectivity index (χ2n) is 33.2. The lowest BCUT2D eigenvalue weighted by molar-refractivity contribution is -0.380. The molecule has 4 saturated carbocycles. The average Bonchev–Trinajstić information content (AvgIpc) is 0.669. The molecule has 16 N–H and O–H groups in total. The van der Waals surface area contributed by atoms with E-state index in [1.54, 1.807) is 6.92 Å². The topological polar surface area (TPSA) is 512 Å². The van der Waals surface area contributed by atoms with Gasteiger partial charge >= 0.3 is 23.9 Å². The molecule has 5 saturated heterocycles. The number of allylic oxidation sites excluding steroid dienone is 2. The van der Waals surface area contributed by atoms with Gasteiger partial charge in [-0.25, -0.2) is 0 Å². The average molecular weight is 1500 g/mol. The maximum absolute atomic E-state index is 16.0. The van der Waals surface area contributed by atoms with Crippen LogP contribution in [0.25, 0.3) is 0 Å². The fourth-order valence-electron chi connectivity index (χ4n) is 19.5. The Morgan fingerprint density at radius 1 is 0.529 bits per heavy atom. The molecule has 5 heterocycles. The van der Waals surface area contributed by atoms with Crippen LogP contribution in [0.15, 0.2) is 11.6 Å². The fraction of sp³-hybridized carbons (Fsp3) is 0.915. The monoisotopic (exact) mass is 1490 g/mol. The smallest absolute Gasteiger partial charge is 0.317 e. The lowest BCUT2D eigenvalue weighted by Gasteiger charge is -2.72. The third kappa shape index (κ3) is 15.5. The highest BCUT2D eigenvalue weighted by Gasteiger charge is 2.74. The first-order valence-corrected chi connectivity index (χ1v) is 36.6. The number of hydrogen-bond donors (Lipinski definition) is 16. The Bertz CT molecular complexity index is 3010. The first-order valence-electron chi connectivity index (χ1n) is 36.6. The lowest BCUT2D eigenvalue weighted by atomic mass is 9.33. The Hall–Kier alpha value is -3.38. The summed E-state index contributed by atoms with van der Waals surface area (Å²) in [5.74, 6) is -4.81. The molecule has 0 aromatic heterocycles. The molecule has 33 heteroatoms. The largest absolute Gasteiger partial charge is 0.462 e. The molecule has 0 aromatic rings. The van der Waals surface area contributed by atoms with Crippen LogP contribution >= 0.6 is 0 Å². The molecule has 38 atom stereocenters. The van der Waals surface area contributed by atoms with Crippen LogP contribution in [0.1, 0.15) is 154 Å². The minimum Gasteiger partial charge on any atom is -0.462 e. The normalized spacial score (nSPS) is 49.5. The highest BCUT2D eigenvalue weighted by molar-refractivity contribution is 5.80. The first kappa shape index (κ1) is 83.1. The Kier molecular flexibility index (Phi) is 25.4. The van der Waals surface area contributed by atoms with Crippen LogP contribution in [-0.2, 0) is 80.8 Å². The van der Waals surface area contributed by atoms with Crippen molar-refractivity contribution in [3.8, 4) is 0 Å². The maximum atomic E-state index is 16.0. The van der Waals surface area contributed by atoms with Gasteiger partial charge in [-0.05, 0) is 132 Å².